The number of nitrogens with two attached hydrogens (primary N) is 1. The lowest BCUT2D eigenvalue weighted by atomic mass is 10.1. The standard InChI is InChI=1S/C21H25N4S/c22-14-15-11-18-21(13-19(15)25-9-3-4-10-25)26-20-12-16(5-6-17(20)23-18)24-7-1-2-8-24/h5-6,11-13H,1-4,7-10,14,22H2/q+1. The van der Waals surface area contributed by atoms with Crippen LogP contribution in [0.4, 0.5) is 5.69 Å². The van der Waals surface area contributed by atoms with Gasteiger partial charge in [-0.1, -0.05) is 0 Å². The molecule has 0 saturated carbocycles. The van der Waals surface area contributed by atoms with Crippen LogP contribution in [-0.2, 0) is 6.54 Å². The Morgan fingerprint density at radius 1 is 1.04 bits per heavy atom. The first-order valence-corrected chi connectivity index (χ1v) is 10.5. The maximum Gasteiger partial charge on any atom is 0.205 e. The van der Waals surface area contributed by atoms with Gasteiger partial charge >= 0.3 is 0 Å². The summed E-state index contributed by atoms with van der Waals surface area (Å²) in [6.45, 7) is 5.21. The van der Waals surface area contributed by atoms with Crippen molar-refractivity contribution in [1.29, 1.82) is 0 Å². The summed E-state index contributed by atoms with van der Waals surface area (Å²) in [4.78, 5) is 8.69. The Morgan fingerprint density at radius 2 is 1.85 bits per heavy atom. The molecule has 3 heterocycles. The third-order valence-corrected chi connectivity index (χ3v) is 6.80. The van der Waals surface area contributed by atoms with Crippen molar-refractivity contribution in [2.24, 2.45) is 5.73 Å². The van der Waals surface area contributed by atoms with Crippen LogP contribution in [0.1, 0.15) is 31.2 Å². The van der Waals surface area contributed by atoms with E-state index in [9.17, 15) is 0 Å². The van der Waals surface area contributed by atoms with Crippen LogP contribution in [0.5, 0.6) is 0 Å². The second-order valence-corrected chi connectivity index (χ2v) is 8.49. The zero-order valence-electron chi connectivity index (χ0n) is 15.1. The van der Waals surface area contributed by atoms with Crippen molar-refractivity contribution in [3.05, 3.63) is 41.3 Å². The number of nitrogens with zero attached hydrogens (tertiary/aromatic N) is 3. The van der Waals surface area contributed by atoms with E-state index in [0.29, 0.717) is 6.54 Å². The van der Waals surface area contributed by atoms with Gasteiger partial charge in [0.25, 0.3) is 0 Å². The second-order valence-electron chi connectivity index (χ2n) is 7.41. The number of hydrogen-bond donors (Lipinski definition) is 1. The number of benzene rings is 2. The fraction of sp³-hybridized carbons (Fsp3) is 0.429. The Hall–Kier alpha value is -1.98. The van der Waals surface area contributed by atoms with E-state index >= 15 is 0 Å². The van der Waals surface area contributed by atoms with Crippen molar-refractivity contribution < 1.29 is 0 Å². The van der Waals surface area contributed by atoms with Gasteiger partial charge in [-0.3, -0.25) is 0 Å². The molecule has 4 nitrogen and oxygen atoms in total. The van der Waals surface area contributed by atoms with Gasteiger partial charge in [0.1, 0.15) is 13.1 Å². The lowest BCUT2D eigenvalue weighted by Crippen LogP contribution is -2.31. The van der Waals surface area contributed by atoms with Crippen molar-refractivity contribution >= 4 is 27.2 Å². The molecule has 1 aromatic carbocycles. The monoisotopic (exact) mass is 365 g/mol. The highest BCUT2D eigenvalue weighted by atomic mass is 32.1. The maximum atomic E-state index is 6.06. The molecule has 0 spiro atoms. The predicted molar refractivity (Wildman–Crippen MR) is 110 cm³/mol. The number of rotatable bonds is 2. The molecule has 26 heavy (non-hydrogen) atoms. The van der Waals surface area contributed by atoms with Crippen molar-refractivity contribution in [2.45, 2.75) is 32.2 Å². The summed E-state index contributed by atoms with van der Waals surface area (Å²) in [7, 11) is 0. The van der Waals surface area contributed by atoms with E-state index in [1.54, 1.807) is 0 Å². The molecule has 0 bridgehead atoms. The molecule has 2 N–H and O–H groups in total. The fourth-order valence-electron chi connectivity index (χ4n) is 4.28. The molecule has 0 radical (unpaired) electrons. The number of aromatic nitrogens is 1. The number of hydrogen-bond acceptors (Lipinski definition) is 4. The van der Waals surface area contributed by atoms with Crippen molar-refractivity contribution in [2.75, 3.05) is 31.1 Å². The molecule has 1 aliphatic carbocycles. The summed E-state index contributed by atoms with van der Waals surface area (Å²) < 4.78 is 3.76. The van der Waals surface area contributed by atoms with Gasteiger partial charge in [-0.25, -0.2) is 9.56 Å². The summed E-state index contributed by atoms with van der Waals surface area (Å²) in [6, 6.07) is 11.2. The predicted octanol–water partition coefficient (Wildman–Crippen LogP) is 3.03. The van der Waals surface area contributed by atoms with Crippen LogP contribution in [-0.4, -0.2) is 31.2 Å². The lowest BCUT2D eigenvalue weighted by Gasteiger charge is -2.18. The fourth-order valence-corrected chi connectivity index (χ4v) is 5.30. The van der Waals surface area contributed by atoms with E-state index in [1.807, 2.05) is 11.3 Å². The highest BCUT2D eigenvalue weighted by molar-refractivity contribution is 7.21. The van der Waals surface area contributed by atoms with E-state index < -0.39 is 0 Å². The van der Waals surface area contributed by atoms with Gasteiger partial charge in [0.05, 0.1) is 20.8 Å². The van der Waals surface area contributed by atoms with E-state index in [2.05, 4.69) is 39.8 Å². The minimum absolute atomic E-state index is 0.569. The minimum atomic E-state index is 0.569. The van der Waals surface area contributed by atoms with Gasteiger partial charge in [-0.2, -0.15) is 0 Å². The molecule has 0 amide bonds. The first-order chi connectivity index (χ1) is 12.8. The maximum absolute atomic E-state index is 6.06. The molecule has 134 valence electrons. The molecule has 0 unspecified atom stereocenters. The first-order valence-electron chi connectivity index (χ1n) is 9.72. The van der Waals surface area contributed by atoms with Crippen LogP contribution < -0.4 is 20.6 Å². The minimum Gasteiger partial charge on any atom is -0.371 e. The normalized spacial score (nSPS) is 17.7. The van der Waals surface area contributed by atoms with E-state index in [0.717, 1.165) is 24.3 Å². The van der Waals surface area contributed by atoms with E-state index in [4.69, 9.17) is 10.7 Å². The Kier molecular flexibility index (Phi) is 4.14. The van der Waals surface area contributed by atoms with Gasteiger partial charge < -0.3 is 10.6 Å². The van der Waals surface area contributed by atoms with Crippen molar-refractivity contribution in [1.82, 2.24) is 9.56 Å². The van der Waals surface area contributed by atoms with Gasteiger partial charge in [-0.15, -0.1) is 11.3 Å². The highest BCUT2D eigenvalue weighted by Gasteiger charge is 2.19. The third-order valence-electron chi connectivity index (χ3n) is 5.70. The van der Waals surface area contributed by atoms with Crippen LogP contribution in [0.25, 0.3) is 20.8 Å². The molecule has 2 fully saturated rings. The average Bonchev–Trinajstić information content (AvgIpc) is 3.38. The number of anilines is 1. The van der Waals surface area contributed by atoms with Crippen molar-refractivity contribution in [3.8, 4) is 10.6 Å². The van der Waals surface area contributed by atoms with Gasteiger partial charge in [-0.05, 0) is 37.1 Å². The summed E-state index contributed by atoms with van der Waals surface area (Å²) in [6.07, 6.45) is 5.16. The van der Waals surface area contributed by atoms with E-state index in [-0.39, 0.29) is 0 Å². The largest absolute Gasteiger partial charge is 0.371 e. The SMILES string of the molecule is NCc1cc2nc3ccc(N4CCCC4)cc3sc-2cc1=[N+]1CCCC1. The van der Waals surface area contributed by atoms with Gasteiger partial charge in [0.15, 0.2) is 0 Å². The van der Waals surface area contributed by atoms with Crippen LogP contribution in [0, 0.1) is 0 Å². The number of fused-ring (bicyclic) bond motifs is 2. The smallest absolute Gasteiger partial charge is 0.205 e. The first kappa shape index (κ1) is 16.2. The molecule has 0 atom stereocenters. The molecule has 2 saturated heterocycles. The summed E-state index contributed by atoms with van der Waals surface area (Å²) >= 11 is 1.86. The Morgan fingerprint density at radius 3 is 2.62 bits per heavy atom. The summed E-state index contributed by atoms with van der Waals surface area (Å²) in [5.74, 6) is 0. The average molecular weight is 366 g/mol. The van der Waals surface area contributed by atoms with Crippen LogP contribution in [0.2, 0.25) is 0 Å². The second kappa shape index (κ2) is 6.63. The highest BCUT2D eigenvalue weighted by Crippen LogP contribution is 2.33. The topological polar surface area (TPSA) is 45.2 Å². The Labute approximate surface area is 157 Å². The Bertz CT molecular complexity index is 993. The molecular formula is C21H25N4S+. The van der Waals surface area contributed by atoms with Crippen LogP contribution >= 0.6 is 11.3 Å². The summed E-state index contributed by atoms with van der Waals surface area (Å²) in [5, 5.41) is 1.31. The zero-order valence-corrected chi connectivity index (χ0v) is 15.9. The van der Waals surface area contributed by atoms with E-state index in [1.165, 1.54) is 65.0 Å². The van der Waals surface area contributed by atoms with Crippen LogP contribution in [0.3, 0.4) is 0 Å². The lowest BCUT2D eigenvalue weighted by molar-refractivity contribution is 0.685. The quantitative estimate of drug-likeness (QED) is 0.561. The molecule has 3 aliphatic heterocycles. The molecule has 4 aliphatic rings. The third kappa shape index (κ3) is 2.79. The van der Waals surface area contributed by atoms with Crippen LogP contribution in [0.15, 0.2) is 30.3 Å². The molecule has 5 heteroatoms. The molecular weight excluding hydrogens is 340 g/mol. The Balaban J connectivity index is 1.69. The molecule has 1 aromatic rings. The zero-order chi connectivity index (χ0) is 17.5. The summed E-state index contributed by atoms with van der Waals surface area (Å²) in [5.41, 5.74) is 10.8. The van der Waals surface area contributed by atoms with Gasteiger partial charge in [0, 0.05) is 49.8 Å². The van der Waals surface area contributed by atoms with Crippen molar-refractivity contribution in [3.63, 3.8) is 0 Å². The van der Waals surface area contributed by atoms with Gasteiger partial charge in [0.2, 0.25) is 5.36 Å². The molecule has 5 rings (SSSR count). The molecule has 0 aromatic heterocycles.